The van der Waals surface area contributed by atoms with Crippen LogP contribution in [0.3, 0.4) is 0 Å². The number of ether oxygens (including phenoxy) is 1. The highest BCUT2D eigenvalue weighted by Gasteiger charge is 2.25. The van der Waals surface area contributed by atoms with E-state index in [4.69, 9.17) is 21.3 Å². The zero-order valence-corrected chi connectivity index (χ0v) is 26.8. The Balaban J connectivity index is 1.22. The zero-order chi connectivity index (χ0) is 31.7. The number of likely N-dealkylation sites (N-methyl/N-ethyl adjacent to an activating group) is 1. The average molecular weight is 628 g/mol. The third kappa shape index (κ3) is 6.31. The van der Waals surface area contributed by atoms with Crippen LogP contribution in [0.15, 0.2) is 48.7 Å². The molecule has 1 saturated heterocycles. The topological polar surface area (TPSA) is 113 Å². The van der Waals surface area contributed by atoms with Crippen LogP contribution in [0.25, 0.3) is 22.4 Å². The molecule has 1 atom stereocenters. The lowest BCUT2D eigenvalue weighted by molar-refractivity contribution is -0.119. The van der Waals surface area contributed by atoms with Gasteiger partial charge in [-0.2, -0.15) is 0 Å². The van der Waals surface area contributed by atoms with Gasteiger partial charge in [-0.3, -0.25) is 14.6 Å². The molecule has 2 aliphatic rings. The van der Waals surface area contributed by atoms with E-state index < -0.39 is 0 Å². The molecule has 0 aliphatic carbocycles. The molecule has 0 unspecified atom stereocenters. The number of hydrogen-bond acceptors (Lipinski definition) is 7. The maximum absolute atomic E-state index is 13.4. The number of carbonyl (C=O) groups excluding carboxylic acids is 2. The van der Waals surface area contributed by atoms with Gasteiger partial charge in [0.05, 0.1) is 29.2 Å². The highest BCUT2D eigenvalue weighted by Crippen LogP contribution is 2.39. The molecular formula is C34H38ClN7O3. The van der Waals surface area contributed by atoms with Gasteiger partial charge in [-0.05, 0) is 37.6 Å². The summed E-state index contributed by atoms with van der Waals surface area (Å²) in [5.74, 6) is 0.923. The highest BCUT2D eigenvalue weighted by molar-refractivity contribution is 6.36. The number of benzene rings is 2. The van der Waals surface area contributed by atoms with E-state index in [1.54, 1.807) is 13.2 Å². The second kappa shape index (κ2) is 13.0. The number of aromatic nitrogens is 3. The fourth-order valence-electron chi connectivity index (χ4n) is 6.23. The third-order valence-corrected chi connectivity index (χ3v) is 9.16. The van der Waals surface area contributed by atoms with Crippen molar-refractivity contribution < 1.29 is 14.3 Å². The van der Waals surface area contributed by atoms with Crippen LogP contribution in [-0.4, -0.2) is 64.5 Å². The van der Waals surface area contributed by atoms with Crippen LogP contribution < -0.4 is 20.7 Å². The maximum Gasteiger partial charge on any atom is 0.291 e. The largest absolute Gasteiger partial charge is 0.496 e. The summed E-state index contributed by atoms with van der Waals surface area (Å²) in [7, 11) is 5.60. The van der Waals surface area contributed by atoms with Crippen molar-refractivity contribution in [1.29, 1.82) is 0 Å². The molecular weight excluding hydrogens is 590 g/mol. The first-order valence-electron chi connectivity index (χ1n) is 15.2. The summed E-state index contributed by atoms with van der Waals surface area (Å²) >= 11 is 6.96. The van der Waals surface area contributed by atoms with Gasteiger partial charge in [0.15, 0.2) is 5.82 Å². The van der Waals surface area contributed by atoms with Gasteiger partial charge in [0, 0.05) is 86.8 Å². The molecule has 10 nitrogen and oxygen atoms in total. The second-order valence-electron chi connectivity index (χ2n) is 11.8. The molecule has 6 rings (SSSR count). The zero-order valence-electron chi connectivity index (χ0n) is 26.0. The Hall–Kier alpha value is -4.25. The number of pyridine rings is 1. The minimum Gasteiger partial charge on any atom is -0.496 e. The van der Waals surface area contributed by atoms with Gasteiger partial charge in [-0.15, -0.1) is 0 Å². The number of carbonyl (C=O) groups is 2. The first-order chi connectivity index (χ1) is 21.7. The summed E-state index contributed by atoms with van der Waals surface area (Å²) < 4.78 is 7.62. The van der Waals surface area contributed by atoms with Crippen LogP contribution >= 0.6 is 11.6 Å². The van der Waals surface area contributed by atoms with Crippen molar-refractivity contribution in [2.75, 3.05) is 32.6 Å². The van der Waals surface area contributed by atoms with Crippen molar-refractivity contribution >= 4 is 29.1 Å². The molecule has 0 bridgehead atoms. The molecule has 2 amide bonds. The van der Waals surface area contributed by atoms with E-state index in [-0.39, 0.29) is 17.9 Å². The van der Waals surface area contributed by atoms with E-state index in [0.717, 1.165) is 76.6 Å². The fourth-order valence-corrected chi connectivity index (χ4v) is 6.50. The van der Waals surface area contributed by atoms with E-state index in [0.29, 0.717) is 36.0 Å². The van der Waals surface area contributed by atoms with E-state index in [9.17, 15) is 9.59 Å². The number of hydrogen-bond donors (Lipinski definition) is 3. The van der Waals surface area contributed by atoms with E-state index in [2.05, 4.69) is 32.9 Å². The number of fused-ring (bicyclic) bond motifs is 1. The minimum atomic E-state index is -0.294. The SMILES string of the molecule is COc1cc(-c2cccc(-c3cccc(NC(=O)c4nc5c(n4C)CCN(C)C5)c3Cl)c2C)ncc1CNC[C@@H]1CCC(=O)N1. The Morgan fingerprint density at radius 3 is 2.69 bits per heavy atom. The molecule has 4 heterocycles. The number of nitrogens with zero attached hydrogens (tertiary/aromatic N) is 4. The highest BCUT2D eigenvalue weighted by atomic mass is 35.5. The molecule has 0 spiro atoms. The van der Waals surface area contributed by atoms with Crippen LogP contribution in [-0.2, 0) is 31.4 Å². The second-order valence-corrected chi connectivity index (χ2v) is 12.2. The van der Waals surface area contributed by atoms with Gasteiger partial charge >= 0.3 is 0 Å². The standard InChI is InChI=1S/C34H38ClN7O3/c1-20-23(7-5-8-24(20)27-15-30(45-4)21(17-37-27)16-36-18-22-11-12-31(43)38-22)25-9-6-10-26(32(25)35)40-34(44)33-39-28-19-41(2)14-13-29(28)42(33)3/h5-10,15,17,22,36H,11-14,16,18-19H2,1-4H3,(H,38,43)(H,40,44)/t22-/m0/s1. The van der Waals surface area contributed by atoms with Gasteiger partial charge in [-0.25, -0.2) is 4.98 Å². The maximum atomic E-state index is 13.4. The monoisotopic (exact) mass is 627 g/mol. The Morgan fingerprint density at radius 1 is 1.13 bits per heavy atom. The first-order valence-corrected chi connectivity index (χ1v) is 15.6. The molecule has 2 aliphatic heterocycles. The molecule has 4 aromatic rings. The smallest absolute Gasteiger partial charge is 0.291 e. The number of amides is 2. The van der Waals surface area contributed by atoms with Gasteiger partial charge in [-0.1, -0.05) is 41.9 Å². The summed E-state index contributed by atoms with van der Waals surface area (Å²) in [6, 6.07) is 13.8. The van der Waals surface area contributed by atoms with Crippen molar-refractivity contribution in [3.05, 3.63) is 82.0 Å². The fraction of sp³-hybridized carbons (Fsp3) is 0.353. The van der Waals surface area contributed by atoms with Crippen LogP contribution in [0.1, 0.15) is 46.0 Å². The Morgan fingerprint density at radius 2 is 1.91 bits per heavy atom. The summed E-state index contributed by atoms with van der Waals surface area (Å²) in [6.07, 6.45) is 4.12. The van der Waals surface area contributed by atoms with E-state index in [1.807, 2.05) is 61.1 Å². The number of methoxy groups -OCH3 is 1. The summed E-state index contributed by atoms with van der Waals surface area (Å²) in [5, 5.41) is 9.84. The van der Waals surface area contributed by atoms with Crippen molar-refractivity contribution in [2.45, 2.75) is 45.3 Å². The van der Waals surface area contributed by atoms with Crippen LogP contribution in [0.5, 0.6) is 5.75 Å². The Labute approximate surface area is 268 Å². The normalized spacial score (nSPS) is 16.4. The summed E-state index contributed by atoms with van der Waals surface area (Å²) in [5.41, 5.74) is 7.98. The summed E-state index contributed by atoms with van der Waals surface area (Å²) in [6.45, 7) is 4.98. The number of nitrogens with one attached hydrogen (secondary N) is 3. The van der Waals surface area contributed by atoms with Gasteiger partial charge in [0.2, 0.25) is 5.91 Å². The average Bonchev–Trinajstić information content (AvgIpc) is 3.60. The molecule has 0 saturated carbocycles. The van der Waals surface area contributed by atoms with Crippen molar-refractivity contribution in [3.63, 3.8) is 0 Å². The van der Waals surface area contributed by atoms with E-state index in [1.165, 1.54) is 0 Å². The van der Waals surface area contributed by atoms with Crippen molar-refractivity contribution in [1.82, 2.24) is 30.1 Å². The Kier molecular flexibility index (Phi) is 8.89. The van der Waals surface area contributed by atoms with Crippen LogP contribution in [0.4, 0.5) is 5.69 Å². The van der Waals surface area contributed by atoms with Gasteiger partial charge in [0.1, 0.15) is 5.75 Å². The van der Waals surface area contributed by atoms with E-state index >= 15 is 0 Å². The molecule has 45 heavy (non-hydrogen) atoms. The number of halogens is 1. The Bertz CT molecular complexity index is 1770. The number of rotatable bonds is 9. The lowest BCUT2D eigenvalue weighted by atomic mass is 9.94. The molecule has 234 valence electrons. The lowest BCUT2D eigenvalue weighted by Gasteiger charge is -2.21. The number of anilines is 1. The van der Waals surface area contributed by atoms with Crippen LogP contribution in [0, 0.1) is 6.92 Å². The van der Waals surface area contributed by atoms with Crippen LogP contribution in [0.2, 0.25) is 5.02 Å². The van der Waals surface area contributed by atoms with Gasteiger partial charge < -0.3 is 30.2 Å². The summed E-state index contributed by atoms with van der Waals surface area (Å²) in [4.78, 5) is 36.5. The predicted octanol–water partition coefficient (Wildman–Crippen LogP) is 4.73. The lowest BCUT2D eigenvalue weighted by Crippen LogP contribution is -2.35. The molecule has 3 N–H and O–H groups in total. The number of imidazole rings is 1. The quantitative estimate of drug-likeness (QED) is 0.246. The van der Waals surface area contributed by atoms with Crippen molar-refractivity contribution in [2.24, 2.45) is 7.05 Å². The van der Waals surface area contributed by atoms with Gasteiger partial charge in [0.25, 0.3) is 5.91 Å². The predicted molar refractivity (Wildman–Crippen MR) is 175 cm³/mol. The molecule has 2 aromatic carbocycles. The molecule has 2 aromatic heterocycles. The molecule has 1 fully saturated rings. The minimum absolute atomic E-state index is 0.108. The van der Waals surface area contributed by atoms with Crippen molar-refractivity contribution in [3.8, 4) is 28.1 Å². The molecule has 11 heteroatoms. The third-order valence-electron chi connectivity index (χ3n) is 8.75. The molecule has 0 radical (unpaired) electrons. The first kappa shape index (κ1) is 30.8.